The minimum atomic E-state index is -0.539. The largest absolute Gasteiger partial charge is 0.391 e. The zero-order chi connectivity index (χ0) is 15.4. The summed E-state index contributed by atoms with van der Waals surface area (Å²) in [7, 11) is 0. The second-order valence-electron chi connectivity index (χ2n) is 5.61. The van der Waals surface area contributed by atoms with Crippen LogP contribution >= 0.6 is 0 Å². The Morgan fingerprint density at radius 1 is 1.32 bits per heavy atom. The lowest BCUT2D eigenvalue weighted by molar-refractivity contribution is 0.00872. The van der Waals surface area contributed by atoms with E-state index in [4.69, 9.17) is 4.74 Å². The molecular formula is C17H20N2O3. The fraction of sp³-hybridized carbons (Fsp3) is 0.412. The molecule has 1 aliphatic heterocycles. The van der Waals surface area contributed by atoms with Gasteiger partial charge >= 0.3 is 0 Å². The summed E-state index contributed by atoms with van der Waals surface area (Å²) in [4.78, 5) is 16.5. The molecule has 1 unspecified atom stereocenters. The Balaban J connectivity index is 1.66. The molecule has 2 aromatic rings. The highest BCUT2D eigenvalue weighted by molar-refractivity contribution is 6.05. The highest BCUT2D eigenvalue weighted by atomic mass is 16.5. The number of aliphatic hydroxyl groups is 1. The highest BCUT2D eigenvalue weighted by Crippen LogP contribution is 2.19. The van der Waals surface area contributed by atoms with Crippen molar-refractivity contribution >= 4 is 16.7 Å². The molecule has 0 aliphatic carbocycles. The lowest BCUT2D eigenvalue weighted by Crippen LogP contribution is -2.38. The number of carbonyl (C=O) groups is 1. The first-order chi connectivity index (χ1) is 10.8. The molecule has 1 fully saturated rings. The molecule has 0 saturated carbocycles. The van der Waals surface area contributed by atoms with Crippen molar-refractivity contribution in [2.75, 3.05) is 19.8 Å². The van der Waals surface area contributed by atoms with Gasteiger partial charge in [-0.15, -0.1) is 0 Å². The number of pyridine rings is 1. The molecule has 1 atom stereocenters. The standard InChI is InChI=1S/C17H20N2O3/c20-15(13-6-9-22-10-7-13)11-19-17(21)16-14-4-2-1-3-12(14)5-8-18-16/h1-5,8,13,15,20H,6-7,9-11H2,(H,19,21). The van der Waals surface area contributed by atoms with Crippen LogP contribution in [-0.4, -0.2) is 41.9 Å². The number of hydrogen-bond acceptors (Lipinski definition) is 4. The zero-order valence-electron chi connectivity index (χ0n) is 12.4. The van der Waals surface area contributed by atoms with Crippen molar-refractivity contribution in [2.24, 2.45) is 5.92 Å². The smallest absolute Gasteiger partial charge is 0.270 e. The Morgan fingerprint density at radius 3 is 2.91 bits per heavy atom. The number of aromatic nitrogens is 1. The van der Waals surface area contributed by atoms with Gasteiger partial charge in [0.15, 0.2) is 0 Å². The summed E-state index contributed by atoms with van der Waals surface area (Å²) in [5.74, 6) is -0.0579. The van der Waals surface area contributed by atoms with E-state index in [0.29, 0.717) is 18.9 Å². The van der Waals surface area contributed by atoms with E-state index in [0.717, 1.165) is 23.6 Å². The maximum atomic E-state index is 12.3. The van der Waals surface area contributed by atoms with Crippen LogP contribution in [0.25, 0.3) is 10.8 Å². The number of benzene rings is 1. The third-order valence-electron chi connectivity index (χ3n) is 4.17. The SMILES string of the molecule is O=C(NCC(O)C1CCOCC1)c1nccc2ccccc12. The van der Waals surface area contributed by atoms with E-state index in [9.17, 15) is 9.90 Å². The van der Waals surface area contributed by atoms with E-state index in [1.165, 1.54) is 0 Å². The molecule has 1 saturated heterocycles. The van der Waals surface area contributed by atoms with Gasteiger partial charge in [-0.3, -0.25) is 9.78 Å². The lowest BCUT2D eigenvalue weighted by Gasteiger charge is -2.26. The maximum Gasteiger partial charge on any atom is 0.270 e. The van der Waals surface area contributed by atoms with Crippen LogP contribution < -0.4 is 5.32 Å². The number of nitrogens with one attached hydrogen (secondary N) is 1. The molecule has 5 nitrogen and oxygen atoms in total. The number of ether oxygens (including phenoxy) is 1. The van der Waals surface area contributed by atoms with Crippen molar-refractivity contribution in [3.8, 4) is 0 Å². The predicted octanol–water partition coefficient (Wildman–Crippen LogP) is 1.75. The first-order valence-corrected chi connectivity index (χ1v) is 7.63. The molecule has 1 aliphatic rings. The fourth-order valence-electron chi connectivity index (χ4n) is 2.85. The van der Waals surface area contributed by atoms with Crippen LogP contribution in [0.15, 0.2) is 36.5 Å². The Kier molecular flexibility index (Phi) is 4.65. The molecule has 116 valence electrons. The Bertz CT molecular complexity index is 648. The van der Waals surface area contributed by atoms with E-state index in [2.05, 4.69) is 10.3 Å². The van der Waals surface area contributed by atoms with Gasteiger partial charge < -0.3 is 15.2 Å². The summed E-state index contributed by atoms with van der Waals surface area (Å²) in [6.45, 7) is 1.61. The van der Waals surface area contributed by atoms with Crippen LogP contribution in [0.2, 0.25) is 0 Å². The second-order valence-corrected chi connectivity index (χ2v) is 5.61. The number of carbonyl (C=O) groups excluding carboxylic acids is 1. The molecule has 5 heteroatoms. The summed E-state index contributed by atoms with van der Waals surface area (Å²) < 4.78 is 5.28. The second kappa shape index (κ2) is 6.85. The molecule has 22 heavy (non-hydrogen) atoms. The normalized spacial score (nSPS) is 17.3. The van der Waals surface area contributed by atoms with Gasteiger partial charge in [0, 0.05) is 31.3 Å². The molecule has 0 radical (unpaired) electrons. The van der Waals surface area contributed by atoms with E-state index in [1.807, 2.05) is 30.3 Å². The molecule has 2 heterocycles. The fourth-order valence-corrected chi connectivity index (χ4v) is 2.85. The molecule has 1 aromatic heterocycles. The Morgan fingerprint density at radius 2 is 2.09 bits per heavy atom. The van der Waals surface area contributed by atoms with Crippen molar-refractivity contribution in [2.45, 2.75) is 18.9 Å². The summed E-state index contributed by atoms with van der Waals surface area (Å²) in [5, 5.41) is 14.8. The Labute approximate surface area is 129 Å². The zero-order valence-corrected chi connectivity index (χ0v) is 12.4. The first-order valence-electron chi connectivity index (χ1n) is 7.63. The van der Waals surface area contributed by atoms with E-state index < -0.39 is 6.10 Å². The van der Waals surface area contributed by atoms with Gasteiger partial charge in [0.05, 0.1) is 6.10 Å². The summed E-state index contributed by atoms with van der Waals surface area (Å²) >= 11 is 0. The quantitative estimate of drug-likeness (QED) is 0.902. The van der Waals surface area contributed by atoms with Gasteiger partial charge in [-0.25, -0.2) is 0 Å². The van der Waals surface area contributed by atoms with Gasteiger partial charge in [0.2, 0.25) is 0 Å². The van der Waals surface area contributed by atoms with Crippen LogP contribution in [0.1, 0.15) is 23.3 Å². The van der Waals surface area contributed by atoms with Crippen LogP contribution in [0.3, 0.4) is 0 Å². The molecule has 1 aromatic carbocycles. The average Bonchev–Trinajstić information content (AvgIpc) is 2.59. The van der Waals surface area contributed by atoms with Crippen molar-refractivity contribution < 1.29 is 14.6 Å². The highest BCUT2D eigenvalue weighted by Gasteiger charge is 2.23. The summed E-state index contributed by atoms with van der Waals surface area (Å²) in [5.41, 5.74) is 0.400. The van der Waals surface area contributed by atoms with Crippen molar-refractivity contribution in [1.29, 1.82) is 0 Å². The molecule has 1 amide bonds. The average molecular weight is 300 g/mol. The van der Waals surface area contributed by atoms with Crippen molar-refractivity contribution in [3.05, 3.63) is 42.2 Å². The molecule has 0 spiro atoms. The van der Waals surface area contributed by atoms with Crippen molar-refractivity contribution in [1.82, 2.24) is 10.3 Å². The third kappa shape index (κ3) is 3.26. The number of aliphatic hydroxyl groups excluding tert-OH is 1. The molecule has 2 N–H and O–H groups in total. The third-order valence-corrected chi connectivity index (χ3v) is 4.17. The number of amides is 1. The van der Waals surface area contributed by atoms with Gasteiger partial charge in [-0.1, -0.05) is 24.3 Å². The monoisotopic (exact) mass is 300 g/mol. The summed E-state index contributed by atoms with van der Waals surface area (Å²) in [6.07, 6.45) is 2.77. The van der Waals surface area contributed by atoms with E-state index in [1.54, 1.807) is 6.20 Å². The minimum Gasteiger partial charge on any atom is -0.391 e. The first kappa shape index (κ1) is 14.9. The van der Waals surface area contributed by atoms with E-state index >= 15 is 0 Å². The summed E-state index contributed by atoms with van der Waals surface area (Å²) in [6, 6.07) is 9.52. The molecule has 0 bridgehead atoms. The van der Waals surface area contributed by atoms with E-state index in [-0.39, 0.29) is 18.4 Å². The van der Waals surface area contributed by atoms with Gasteiger partial charge in [0.1, 0.15) is 5.69 Å². The number of nitrogens with zero attached hydrogens (tertiary/aromatic N) is 1. The number of hydrogen-bond donors (Lipinski definition) is 2. The van der Waals surface area contributed by atoms with Crippen molar-refractivity contribution in [3.63, 3.8) is 0 Å². The van der Waals surface area contributed by atoms with Crippen LogP contribution in [-0.2, 0) is 4.74 Å². The lowest BCUT2D eigenvalue weighted by atomic mass is 9.94. The predicted molar refractivity (Wildman–Crippen MR) is 83.6 cm³/mol. The van der Waals surface area contributed by atoms with Gasteiger partial charge in [0.25, 0.3) is 5.91 Å². The van der Waals surface area contributed by atoms with Crippen LogP contribution in [0, 0.1) is 5.92 Å². The molecule has 3 rings (SSSR count). The van der Waals surface area contributed by atoms with Crippen LogP contribution in [0.5, 0.6) is 0 Å². The number of fused-ring (bicyclic) bond motifs is 1. The molecular weight excluding hydrogens is 280 g/mol. The number of rotatable bonds is 4. The van der Waals surface area contributed by atoms with Gasteiger partial charge in [-0.05, 0) is 30.2 Å². The van der Waals surface area contributed by atoms with Gasteiger partial charge in [-0.2, -0.15) is 0 Å². The maximum absolute atomic E-state index is 12.3. The van der Waals surface area contributed by atoms with Crippen LogP contribution in [0.4, 0.5) is 0 Å². The minimum absolute atomic E-state index is 0.189. The topological polar surface area (TPSA) is 71.5 Å². The Hall–Kier alpha value is -1.98.